The fourth-order valence-electron chi connectivity index (χ4n) is 1.70. The number of sulfonamides is 1. The summed E-state index contributed by atoms with van der Waals surface area (Å²) in [6.07, 6.45) is 1.86. The molecule has 1 atom stereocenters. The molecule has 0 aliphatic heterocycles. The van der Waals surface area contributed by atoms with Crippen molar-refractivity contribution in [3.8, 4) is 0 Å². The van der Waals surface area contributed by atoms with Crippen LogP contribution in [-0.4, -0.2) is 41.3 Å². The Morgan fingerprint density at radius 1 is 1.35 bits per heavy atom. The van der Waals surface area contributed by atoms with Gasteiger partial charge in [-0.2, -0.15) is 0 Å². The molecular formula is C12H16N4O3S. The Kier molecular flexibility index (Phi) is 4.48. The van der Waals surface area contributed by atoms with E-state index < -0.39 is 16.1 Å². The zero-order chi connectivity index (χ0) is 14.6. The number of aromatic nitrogens is 3. The third-order valence-corrected chi connectivity index (χ3v) is 3.39. The van der Waals surface area contributed by atoms with Gasteiger partial charge in [-0.25, -0.2) is 13.1 Å². The normalized spacial score (nSPS) is 13.3. The highest BCUT2D eigenvalue weighted by Gasteiger charge is 2.14. The quantitative estimate of drug-likeness (QED) is 0.776. The molecule has 0 fully saturated rings. The molecule has 108 valence electrons. The largest absolute Gasteiger partial charge is 0.382 e. The summed E-state index contributed by atoms with van der Waals surface area (Å²) in [6, 6.07) is 9.13. The molecule has 0 saturated heterocycles. The zero-order valence-corrected chi connectivity index (χ0v) is 11.8. The maximum atomic E-state index is 10.9. The Morgan fingerprint density at radius 3 is 2.70 bits per heavy atom. The summed E-state index contributed by atoms with van der Waals surface area (Å²) in [5.41, 5.74) is 1.16. The van der Waals surface area contributed by atoms with Crippen molar-refractivity contribution in [3.63, 3.8) is 0 Å². The smallest absolute Gasteiger partial charge is 0.208 e. The molecule has 0 bridgehead atoms. The van der Waals surface area contributed by atoms with Gasteiger partial charge in [0.15, 0.2) is 0 Å². The number of nitrogens with zero attached hydrogens (tertiary/aromatic N) is 3. The van der Waals surface area contributed by atoms with Crippen molar-refractivity contribution >= 4 is 10.0 Å². The minimum atomic E-state index is -3.21. The highest BCUT2D eigenvalue weighted by molar-refractivity contribution is 7.88. The summed E-state index contributed by atoms with van der Waals surface area (Å²) in [4.78, 5) is 0. The number of nitrogens with one attached hydrogen (secondary N) is 1. The standard InChI is InChI=1S/C12H16N4O3S/c1-20(18,19)13-7-8-16-9-11(14-15-16)12(17)10-5-3-2-4-6-10/h2-6,9,12-13,17H,7-8H2,1H3. The molecular weight excluding hydrogens is 280 g/mol. The van der Waals surface area contributed by atoms with Crippen LogP contribution in [0.3, 0.4) is 0 Å². The average molecular weight is 296 g/mol. The molecule has 2 N–H and O–H groups in total. The third kappa shape index (κ3) is 4.12. The number of aliphatic hydroxyl groups is 1. The minimum Gasteiger partial charge on any atom is -0.382 e. The first-order valence-electron chi connectivity index (χ1n) is 6.03. The summed E-state index contributed by atoms with van der Waals surface area (Å²) in [5, 5.41) is 17.9. The van der Waals surface area contributed by atoms with E-state index in [1.54, 1.807) is 18.3 Å². The van der Waals surface area contributed by atoms with Crippen LogP contribution in [-0.2, 0) is 16.6 Å². The molecule has 0 aliphatic rings. The predicted octanol–water partition coefficient (Wildman–Crippen LogP) is -0.0910. The maximum Gasteiger partial charge on any atom is 0.208 e. The van der Waals surface area contributed by atoms with Gasteiger partial charge in [0.25, 0.3) is 0 Å². The zero-order valence-electron chi connectivity index (χ0n) is 11.0. The van der Waals surface area contributed by atoms with Gasteiger partial charge in [0, 0.05) is 6.54 Å². The van der Waals surface area contributed by atoms with Gasteiger partial charge in [-0.05, 0) is 5.56 Å². The highest BCUT2D eigenvalue weighted by atomic mass is 32.2. The van der Waals surface area contributed by atoms with Crippen LogP contribution >= 0.6 is 0 Å². The van der Waals surface area contributed by atoms with E-state index >= 15 is 0 Å². The lowest BCUT2D eigenvalue weighted by atomic mass is 10.1. The van der Waals surface area contributed by atoms with E-state index in [0.29, 0.717) is 12.2 Å². The lowest BCUT2D eigenvalue weighted by molar-refractivity contribution is 0.215. The Hall–Kier alpha value is -1.77. The van der Waals surface area contributed by atoms with Crippen LogP contribution in [0.4, 0.5) is 0 Å². The van der Waals surface area contributed by atoms with E-state index in [2.05, 4.69) is 15.0 Å². The van der Waals surface area contributed by atoms with Crippen molar-refractivity contribution < 1.29 is 13.5 Å². The summed E-state index contributed by atoms with van der Waals surface area (Å²) < 4.78 is 25.7. The molecule has 0 amide bonds. The van der Waals surface area contributed by atoms with Crippen LogP contribution in [0.15, 0.2) is 36.5 Å². The molecule has 1 heterocycles. The second kappa shape index (κ2) is 6.12. The van der Waals surface area contributed by atoms with Crippen LogP contribution in [0.5, 0.6) is 0 Å². The molecule has 0 aliphatic carbocycles. The van der Waals surface area contributed by atoms with Gasteiger partial charge in [0.2, 0.25) is 10.0 Å². The van der Waals surface area contributed by atoms with Gasteiger partial charge < -0.3 is 5.11 Å². The van der Waals surface area contributed by atoms with E-state index in [1.165, 1.54) is 4.68 Å². The summed E-state index contributed by atoms with van der Waals surface area (Å²) >= 11 is 0. The minimum absolute atomic E-state index is 0.225. The highest BCUT2D eigenvalue weighted by Crippen LogP contribution is 2.18. The first-order chi connectivity index (χ1) is 9.46. The molecule has 1 aromatic carbocycles. The second-order valence-electron chi connectivity index (χ2n) is 4.39. The van der Waals surface area contributed by atoms with Crippen molar-refractivity contribution in [2.75, 3.05) is 12.8 Å². The predicted molar refractivity (Wildman–Crippen MR) is 73.4 cm³/mol. The number of hydrogen-bond acceptors (Lipinski definition) is 5. The lowest BCUT2D eigenvalue weighted by Crippen LogP contribution is -2.26. The number of rotatable bonds is 6. The molecule has 7 nitrogen and oxygen atoms in total. The van der Waals surface area contributed by atoms with Crippen molar-refractivity contribution in [2.24, 2.45) is 0 Å². The molecule has 20 heavy (non-hydrogen) atoms. The van der Waals surface area contributed by atoms with Gasteiger partial charge >= 0.3 is 0 Å². The third-order valence-electron chi connectivity index (χ3n) is 2.66. The fraction of sp³-hybridized carbons (Fsp3) is 0.333. The lowest BCUT2D eigenvalue weighted by Gasteiger charge is -2.06. The van der Waals surface area contributed by atoms with E-state index in [-0.39, 0.29) is 6.54 Å². The monoisotopic (exact) mass is 296 g/mol. The SMILES string of the molecule is CS(=O)(=O)NCCn1cc(C(O)c2ccccc2)nn1. The number of aliphatic hydroxyl groups excluding tert-OH is 1. The average Bonchev–Trinajstić information content (AvgIpc) is 2.86. The molecule has 8 heteroatoms. The van der Waals surface area contributed by atoms with Gasteiger partial charge in [-0.3, -0.25) is 4.68 Å². The first-order valence-corrected chi connectivity index (χ1v) is 7.92. The summed E-state index contributed by atoms with van der Waals surface area (Å²) in [6.45, 7) is 0.574. The van der Waals surface area contributed by atoms with Crippen LogP contribution in [0.1, 0.15) is 17.4 Å². The van der Waals surface area contributed by atoms with Crippen LogP contribution in [0.25, 0.3) is 0 Å². The molecule has 2 rings (SSSR count). The van der Waals surface area contributed by atoms with Crippen molar-refractivity contribution in [1.29, 1.82) is 0 Å². The number of benzene rings is 1. The fourth-order valence-corrected chi connectivity index (χ4v) is 2.16. The Bertz CT molecular complexity index is 654. The number of hydrogen-bond donors (Lipinski definition) is 2. The topological polar surface area (TPSA) is 97.1 Å². The van der Waals surface area contributed by atoms with E-state index in [4.69, 9.17) is 0 Å². The Labute approximate surface area is 117 Å². The Morgan fingerprint density at radius 2 is 2.05 bits per heavy atom. The van der Waals surface area contributed by atoms with Gasteiger partial charge in [-0.1, -0.05) is 35.5 Å². The van der Waals surface area contributed by atoms with Crippen LogP contribution < -0.4 is 4.72 Å². The summed E-state index contributed by atoms with van der Waals surface area (Å²) in [5.74, 6) is 0. The second-order valence-corrected chi connectivity index (χ2v) is 6.22. The van der Waals surface area contributed by atoms with Crippen molar-refractivity contribution in [3.05, 3.63) is 47.8 Å². The van der Waals surface area contributed by atoms with E-state index in [1.807, 2.05) is 18.2 Å². The molecule has 2 aromatic rings. The molecule has 1 aromatic heterocycles. The van der Waals surface area contributed by atoms with Gasteiger partial charge in [0.1, 0.15) is 11.8 Å². The Balaban J connectivity index is 1.99. The molecule has 0 saturated carbocycles. The van der Waals surface area contributed by atoms with Gasteiger partial charge in [-0.15, -0.1) is 5.10 Å². The van der Waals surface area contributed by atoms with Crippen molar-refractivity contribution in [2.45, 2.75) is 12.6 Å². The maximum absolute atomic E-state index is 10.9. The molecule has 0 radical (unpaired) electrons. The van der Waals surface area contributed by atoms with Crippen LogP contribution in [0.2, 0.25) is 0 Å². The van der Waals surface area contributed by atoms with Crippen molar-refractivity contribution in [1.82, 2.24) is 19.7 Å². The van der Waals surface area contributed by atoms with Crippen LogP contribution in [0, 0.1) is 0 Å². The van der Waals surface area contributed by atoms with E-state index in [9.17, 15) is 13.5 Å². The van der Waals surface area contributed by atoms with Gasteiger partial charge in [0.05, 0.1) is 19.0 Å². The molecule has 0 spiro atoms. The molecule has 1 unspecified atom stereocenters. The van der Waals surface area contributed by atoms with E-state index in [0.717, 1.165) is 11.8 Å². The summed E-state index contributed by atoms with van der Waals surface area (Å²) in [7, 11) is -3.21. The first kappa shape index (κ1) is 14.6.